The second-order valence-electron chi connectivity index (χ2n) is 4.65. The first-order valence-electron chi connectivity index (χ1n) is 6.86. The zero-order chi connectivity index (χ0) is 16.0. The Morgan fingerprint density at radius 2 is 1.81 bits per heavy atom. The van der Waals surface area contributed by atoms with Crippen LogP contribution in [0.15, 0.2) is 23.1 Å². The van der Waals surface area contributed by atoms with Crippen LogP contribution in [-0.2, 0) is 14.8 Å². The number of hydrogen-bond acceptors (Lipinski definition) is 5. The lowest BCUT2D eigenvalue weighted by molar-refractivity contribution is 0.0596. The summed E-state index contributed by atoms with van der Waals surface area (Å²) < 4.78 is 31.5. The molecule has 0 spiro atoms. The normalized spacial score (nSPS) is 11.6. The summed E-state index contributed by atoms with van der Waals surface area (Å²) in [5.41, 5.74) is 5.92. The van der Waals surface area contributed by atoms with Gasteiger partial charge in [-0.2, -0.15) is 4.31 Å². The number of benzene rings is 1. The van der Waals surface area contributed by atoms with Gasteiger partial charge in [-0.25, -0.2) is 13.2 Å². The maximum atomic E-state index is 12.7. The Morgan fingerprint density at radius 1 is 1.24 bits per heavy atom. The van der Waals surface area contributed by atoms with E-state index in [1.54, 1.807) is 0 Å². The van der Waals surface area contributed by atoms with Gasteiger partial charge < -0.3 is 10.5 Å². The third-order valence-electron chi connectivity index (χ3n) is 2.97. The molecule has 0 aliphatic heterocycles. The summed E-state index contributed by atoms with van der Waals surface area (Å²) in [5, 5.41) is 0. The van der Waals surface area contributed by atoms with Crippen LogP contribution in [0, 0.1) is 0 Å². The van der Waals surface area contributed by atoms with E-state index in [2.05, 4.69) is 4.74 Å². The van der Waals surface area contributed by atoms with E-state index in [0.29, 0.717) is 31.6 Å². The lowest BCUT2D eigenvalue weighted by Crippen LogP contribution is -2.33. The van der Waals surface area contributed by atoms with Gasteiger partial charge in [-0.15, -0.1) is 0 Å². The minimum atomic E-state index is -3.75. The molecule has 0 radical (unpaired) electrons. The third kappa shape index (κ3) is 3.95. The smallest absolute Gasteiger partial charge is 0.339 e. The highest BCUT2D eigenvalue weighted by atomic mass is 32.2. The van der Waals surface area contributed by atoms with Gasteiger partial charge in [0.05, 0.1) is 17.6 Å². The highest BCUT2D eigenvalue weighted by Gasteiger charge is 2.28. The van der Waals surface area contributed by atoms with Gasteiger partial charge in [0.25, 0.3) is 0 Å². The molecule has 2 N–H and O–H groups in total. The Morgan fingerprint density at radius 3 is 2.29 bits per heavy atom. The van der Waals surface area contributed by atoms with Gasteiger partial charge in [-0.05, 0) is 31.0 Å². The number of nitrogens with two attached hydrogens (primary N) is 1. The van der Waals surface area contributed by atoms with Crippen LogP contribution in [0.4, 0.5) is 5.69 Å². The second kappa shape index (κ2) is 7.42. The highest BCUT2D eigenvalue weighted by molar-refractivity contribution is 7.89. The summed E-state index contributed by atoms with van der Waals surface area (Å²) in [7, 11) is -2.54. The van der Waals surface area contributed by atoms with Gasteiger partial charge in [0, 0.05) is 18.8 Å². The van der Waals surface area contributed by atoms with Crippen LogP contribution in [0.25, 0.3) is 0 Å². The largest absolute Gasteiger partial charge is 0.465 e. The molecular weight excluding hydrogens is 292 g/mol. The van der Waals surface area contributed by atoms with Crippen molar-refractivity contribution in [2.24, 2.45) is 0 Å². The van der Waals surface area contributed by atoms with Gasteiger partial charge in [-0.3, -0.25) is 0 Å². The second-order valence-corrected chi connectivity index (χ2v) is 6.56. The number of sulfonamides is 1. The Kier molecular flexibility index (Phi) is 6.17. The Bertz CT molecular complexity index is 593. The van der Waals surface area contributed by atoms with Crippen LogP contribution in [-0.4, -0.2) is 38.9 Å². The summed E-state index contributed by atoms with van der Waals surface area (Å²) in [6, 6.07) is 4.15. The van der Waals surface area contributed by atoms with Crippen LogP contribution in [0.5, 0.6) is 0 Å². The monoisotopic (exact) mass is 314 g/mol. The minimum absolute atomic E-state index is 0.0327. The van der Waals surface area contributed by atoms with Crippen molar-refractivity contribution in [3.05, 3.63) is 23.8 Å². The summed E-state index contributed by atoms with van der Waals surface area (Å²) in [4.78, 5) is 11.7. The molecule has 0 heterocycles. The van der Waals surface area contributed by atoms with Crippen LogP contribution >= 0.6 is 0 Å². The van der Waals surface area contributed by atoms with E-state index in [0.717, 1.165) is 0 Å². The lowest BCUT2D eigenvalue weighted by Gasteiger charge is -2.22. The molecule has 0 fully saturated rings. The van der Waals surface area contributed by atoms with Crippen molar-refractivity contribution in [2.45, 2.75) is 31.6 Å². The SMILES string of the molecule is CCCN(CCC)S(=O)(=O)c1ccc(N)cc1C(=O)OC. The van der Waals surface area contributed by atoms with E-state index < -0.39 is 16.0 Å². The first-order valence-corrected chi connectivity index (χ1v) is 8.30. The maximum absolute atomic E-state index is 12.7. The standard InChI is InChI=1S/C14H22N2O4S/c1-4-8-16(9-5-2)21(18,19)13-7-6-11(15)10-12(13)14(17)20-3/h6-7,10H,4-5,8-9,15H2,1-3H3. The first-order chi connectivity index (χ1) is 9.88. The fourth-order valence-corrected chi connectivity index (χ4v) is 3.82. The highest BCUT2D eigenvalue weighted by Crippen LogP contribution is 2.23. The maximum Gasteiger partial charge on any atom is 0.339 e. The zero-order valence-corrected chi connectivity index (χ0v) is 13.4. The van der Waals surface area contributed by atoms with Gasteiger partial charge in [0.15, 0.2) is 0 Å². The van der Waals surface area contributed by atoms with E-state index in [1.165, 1.54) is 29.6 Å². The van der Waals surface area contributed by atoms with E-state index in [9.17, 15) is 13.2 Å². The first kappa shape index (κ1) is 17.5. The average molecular weight is 314 g/mol. The van der Waals surface area contributed by atoms with Crippen molar-refractivity contribution >= 4 is 21.7 Å². The van der Waals surface area contributed by atoms with E-state index in [1.807, 2.05) is 13.8 Å². The molecule has 21 heavy (non-hydrogen) atoms. The lowest BCUT2D eigenvalue weighted by atomic mass is 10.2. The fraction of sp³-hybridized carbons (Fsp3) is 0.500. The van der Waals surface area contributed by atoms with E-state index in [-0.39, 0.29) is 10.5 Å². The van der Waals surface area contributed by atoms with Crippen LogP contribution in [0.3, 0.4) is 0 Å². The van der Waals surface area contributed by atoms with E-state index >= 15 is 0 Å². The van der Waals surface area contributed by atoms with Crippen molar-refractivity contribution in [1.82, 2.24) is 4.31 Å². The Labute approximate surface area is 125 Å². The summed E-state index contributed by atoms with van der Waals surface area (Å²) in [6.45, 7) is 4.62. The number of carbonyl (C=O) groups excluding carboxylic acids is 1. The van der Waals surface area contributed by atoms with Crippen molar-refractivity contribution in [3.8, 4) is 0 Å². The van der Waals surface area contributed by atoms with E-state index in [4.69, 9.17) is 5.73 Å². The van der Waals surface area contributed by atoms with Crippen LogP contribution in [0.2, 0.25) is 0 Å². The van der Waals surface area contributed by atoms with Crippen molar-refractivity contribution in [1.29, 1.82) is 0 Å². The molecule has 7 heteroatoms. The molecule has 0 bridgehead atoms. The van der Waals surface area contributed by atoms with Crippen molar-refractivity contribution < 1.29 is 17.9 Å². The topological polar surface area (TPSA) is 89.7 Å². The number of esters is 1. The molecule has 0 amide bonds. The molecule has 0 aliphatic carbocycles. The average Bonchev–Trinajstić information content (AvgIpc) is 2.45. The van der Waals surface area contributed by atoms with Crippen LogP contribution in [0.1, 0.15) is 37.0 Å². The Balaban J connectivity index is 3.39. The number of nitrogens with zero attached hydrogens (tertiary/aromatic N) is 1. The molecule has 1 rings (SSSR count). The molecule has 0 saturated heterocycles. The number of rotatable bonds is 7. The fourth-order valence-electron chi connectivity index (χ4n) is 2.03. The van der Waals surface area contributed by atoms with Gasteiger partial charge in [0.2, 0.25) is 10.0 Å². The molecule has 0 atom stereocenters. The molecule has 118 valence electrons. The van der Waals surface area contributed by atoms with Crippen LogP contribution < -0.4 is 5.73 Å². The summed E-state index contributed by atoms with van der Waals surface area (Å²) >= 11 is 0. The van der Waals surface area contributed by atoms with Gasteiger partial charge in [0.1, 0.15) is 0 Å². The Hall–Kier alpha value is -1.60. The number of methoxy groups -OCH3 is 1. The number of carbonyl (C=O) groups is 1. The number of nitrogen functional groups attached to an aromatic ring is 1. The predicted octanol–water partition coefficient (Wildman–Crippen LogP) is 1.87. The molecule has 0 aromatic heterocycles. The quantitative estimate of drug-likeness (QED) is 0.613. The van der Waals surface area contributed by atoms with Crippen molar-refractivity contribution in [3.63, 3.8) is 0 Å². The molecular formula is C14H22N2O4S. The number of anilines is 1. The third-order valence-corrected chi connectivity index (χ3v) is 4.93. The number of ether oxygens (including phenoxy) is 1. The van der Waals surface area contributed by atoms with Gasteiger partial charge in [-0.1, -0.05) is 13.8 Å². The predicted molar refractivity (Wildman–Crippen MR) is 81.5 cm³/mol. The molecule has 6 nitrogen and oxygen atoms in total. The molecule has 0 saturated carbocycles. The summed E-state index contributed by atoms with van der Waals surface area (Å²) in [5.74, 6) is -0.714. The van der Waals surface area contributed by atoms with Gasteiger partial charge >= 0.3 is 5.97 Å². The number of hydrogen-bond donors (Lipinski definition) is 1. The zero-order valence-electron chi connectivity index (χ0n) is 12.6. The minimum Gasteiger partial charge on any atom is -0.465 e. The summed E-state index contributed by atoms with van der Waals surface area (Å²) in [6.07, 6.45) is 1.39. The molecule has 0 unspecified atom stereocenters. The molecule has 1 aromatic rings. The molecule has 1 aromatic carbocycles. The van der Waals surface area contributed by atoms with Crippen molar-refractivity contribution in [2.75, 3.05) is 25.9 Å². The molecule has 0 aliphatic rings.